The minimum Gasteiger partial charge on any atom is -0.477 e. The minimum absolute atomic E-state index is 0.101. The summed E-state index contributed by atoms with van der Waals surface area (Å²) in [4.78, 5) is 10.9. The molecule has 94 valence electrons. The summed E-state index contributed by atoms with van der Waals surface area (Å²) in [5.74, 6) is -1.72. The minimum atomic E-state index is -1.04. The highest BCUT2D eigenvalue weighted by Crippen LogP contribution is 2.31. The molecule has 0 aliphatic heterocycles. The second-order valence-corrected chi connectivity index (χ2v) is 4.54. The van der Waals surface area contributed by atoms with Crippen LogP contribution in [0, 0.1) is 5.82 Å². The van der Waals surface area contributed by atoms with Crippen LogP contribution in [0.3, 0.4) is 0 Å². The van der Waals surface area contributed by atoms with Gasteiger partial charge < -0.3 is 9.67 Å². The third-order valence-corrected chi connectivity index (χ3v) is 3.17. The molecule has 6 heteroatoms. The molecule has 1 heterocycles. The first kappa shape index (κ1) is 12.9. The Bertz CT molecular complexity index is 614. The number of benzene rings is 1. The van der Waals surface area contributed by atoms with Crippen LogP contribution in [0.5, 0.6) is 0 Å². The van der Waals surface area contributed by atoms with Crippen LogP contribution in [0.15, 0.2) is 24.3 Å². The van der Waals surface area contributed by atoms with Gasteiger partial charge in [-0.1, -0.05) is 23.2 Å². The fourth-order valence-corrected chi connectivity index (χ4v) is 2.21. The van der Waals surface area contributed by atoms with Crippen LogP contribution in [0.2, 0.25) is 10.0 Å². The zero-order valence-electron chi connectivity index (χ0n) is 9.25. The molecule has 0 bridgehead atoms. The quantitative estimate of drug-likeness (QED) is 0.853. The molecule has 0 saturated heterocycles. The standard InChI is InChI=1S/C12H8Cl2FNO2/c1-16-9(2-3-10(16)12(17)18)6-4-7(13)11(15)8(14)5-6/h2-5H,1H3,(H,17,18). The predicted molar refractivity (Wildman–Crippen MR) is 67.8 cm³/mol. The maximum Gasteiger partial charge on any atom is 0.352 e. The van der Waals surface area contributed by atoms with Crippen molar-refractivity contribution < 1.29 is 14.3 Å². The number of aromatic carboxylic acids is 1. The van der Waals surface area contributed by atoms with E-state index in [4.69, 9.17) is 28.3 Å². The van der Waals surface area contributed by atoms with Crippen molar-refractivity contribution in [3.8, 4) is 11.3 Å². The van der Waals surface area contributed by atoms with E-state index in [9.17, 15) is 9.18 Å². The molecule has 0 aliphatic rings. The SMILES string of the molecule is Cn1c(C(=O)O)ccc1-c1cc(Cl)c(F)c(Cl)c1. The average molecular weight is 288 g/mol. The number of halogens is 3. The lowest BCUT2D eigenvalue weighted by atomic mass is 10.1. The van der Waals surface area contributed by atoms with E-state index in [0.29, 0.717) is 11.3 Å². The van der Waals surface area contributed by atoms with Crippen molar-refractivity contribution in [2.75, 3.05) is 0 Å². The van der Waals surface area contributed by atoms with Crippen molar-refractivity contribution in [3.05, 3.63) is 45.8 Å². The smallest absolute Gasteiger partial charge is 0.352 e. The molecule has 0 atom stereocenters. The summed E-state index contributed by atoms with van der Waals surface area (Å²) in [5.41, 5.74) is 1.28. The Labute approximate surface area is 112 Å². The Morgan fingerprint density at radius 1 is 1.28 bits per heavy atom. The molecule has 2 aromatic rings. The number of hydrogen-bond acceptors (Lipinski definition) is 1. The van der Waals surface area contributed by atoms with Crippen LogP contribution in [0.4, 0.5) is 4.39 Å². The van der Waals surface area contributed by atoms with E-state index in [1.54, 1.807) is 13.1 Å². The van der Waals surface area contributed by atoms with Gasteiger partial charge in [0.1, 0.15) is 5.69 Å². The largest absolute Gasteiger partial charge is 0.477 e. The highest BCUT2D eigenvalue weighted by molar-refractivity contribution is 6.35. The highest BCUT2D eigenvalue weighted by atomic mass is 35.5. The molecule has 1 N–H and O–H groups in total. The van der Waals surface area contributed by atoms with Crippen molar-refractivity contribution in [2.45, 2.75) is 0 Å². The number of aromatic nitrogens is 1. The molecule has 1 aromatic heterocycles. The number of carbonyl (C=O) groups is 1. The zero-order chi connectivity index (χ0) is 13.4. The average Bonchev–Trinajstić information content (AvgIpc) is 2.67. The lowest BCUT2D eigenvalue weighted by Gasteiger charge is -2.07. The summed E-state index contributed by atoms with van der Waals surface area (Å²) in [6, 6.07) is 5.89. The monoisotopic (exact) mass is 287 g/mol. The summed E-state index contributed by atoms with van der Waals surface area (Å²) in [7, 11) is 1.60. The number of nitrogens with zero attached hydrogens (tertiary/aromatic N) is 1. The molecule has 0 spiro atoms. The van der Waals surface area contributed by atoms with Gasteiger partial charge in [0, 0.05) is 18.3 Å². The van der Waals surface area contributed by atoms with Crippen LogP contribution < -0.4 is 0 Å². The van der Waals surface area contributed by atoms with Gasteiger partial charge in [-0.2, -0.15) is 0 Å². The van der Waals surface area contributed by atoms with E-state index in [0.717, 1.165) is 0 Å². The van der Waals surface area contributed by atoms with Gasteiger partial charge in [0.05, 0.1) is 10.0 Å². The second kappa shape index (κ2) is 4.63. The maximum absolute atomic E-state index is 13.3. The van der Waals surface area contributed by atoms with Crippen LogP contribution in [-0.2, 0) is 7.05 Å². The van der Waals surface area contributed by atoms with E-state index in [-0.39, 0.29) is 15.7 Å². The van der Waals surface area contributed by atoms with E-state index >= 15 is 0 Å². The fourth-order valence-electron chi connectivity index (χ4n) is 1.72. The number of rotatable bonds is 2. The molecule has 0 unspecified atom stereocenters. The third kappa shape index (κ3) is 2.09. The number of carboxylic acid groups (broad SMARTS) is 1. The Balaban J connectivity index is 2.59. The summed E-state index contributed by atoms with van der Waals surface area (Å²) < 4.78 is 14.8. The molecule has 3 nitrogen and oxygen atoms in total. The van der Waals surface area contributed by atoms with Gasteiger partial charge >= 0.3 is 5.97 Å². The lowest BCUT2D eigenvalue weighted by Crippen LogP contribution is -2.05. The molecule has 0 amide bonds. The predicted octanol–water partition coefficient (Wildman–Crippen LogP) is 3.84. The third-order valence-electron chi connectivity index (χ3n) is 2.62. The maximum atomic E-state index is 13.3. The lowest BCUT2D eigenvalue weighted by molar-refractivity contribution is 0.0687. The Hall–Kier alpha value is -1.52. The van der Waals surface area contributed by atoms with Gasteiger partial charge in [0.15, 0.2) is 5.82 Å². The van der Waals surface area contributed by atoms with Gasteiger partial charge in [-0.15, -0.1) is 0 Å². The van der Waals surface area contributed by atoms with Crippen molar-refractivity contribution in [3.63, 3.8) is 0 Å². The summed E-state index contributed by atoms with van der Waals surface area (Å²) in [6.07, 6.45) is 0. The van der Waals surface area contributed by atoms with Crippen molar-refractivity contribution in [1.82, 2.24) is 4.57 Å². The first-order valence-electron chi connectivity index (χ1n) is 4.95. The van der Waals surface area contributed by atoms with Crippen molar-refractivity contribution in [2.24, 2.45) is 7.05 Å². The topological polar surface area (TPSA) is 42.2 Å². The zero-order valence-corrected chi connectivity index (χ0v) is 10.8. The Morgan fingerprint density at radius 2 is 1.83 bits per heavy atom. The second-order valence-electron chi connectivity index (χ2n) is 3.72. The van der Waals surface area contributed by atoms with Crippen LogP contribution in [-0.4, -0.2) is 15.6 Å². The van der Waals surface area contributed by atoms with Crippen LogP contribution in [0.1, 0.15) is 10.5 Å². The molecular weight excluding hydrogens is 280 g/mol. The highest BCUT2D eigenvalue weighted by Gasteiger charge is 2.15. The molecule has 0 aliphatic carbocycles. The van der Waals surface area contributed by atoms with E-state index < -0.39 is 11.8 Å². The van der Waals surface area contributed by atoms with E-state index in [1.165, 1.54) is 22.8 Å². The first-order valence-corrected chi connectivity index (χ1v) is 5.71. The molecule has 0 radical (unpaired) electrons. The summed E-state index contributed by atoms with van der Waals surface area (Å²) in [6.45, 7) is 0. The number of hydrogen-bond donors (Lipinski definition) is 1. The molecular formula is C12H8Cl2FNO2. The molecule has 1 aromatic carbocycles. The summed E-state index contributed by atoms with van der Waals surface area (Å²) in [5, 5.41) is 8.74. The van der Waals surface area contributed by atoms with Gasteiger partial charge in [-0.25, -0.2) is 9.18 Å². The molecule has 0 saturated carbocycles. The van der Waals surface area contributed by atoms with Gasteiger partial charge in [0.25, 0.3) is 0 Å². The molecule has 2 rings (SSSR count). The first-order chi connectivity index (χ1) is 8.41. The number of carboxylic acids is 1. The van der Waals surface area contributed by atoms with Crippen molar-refractivity contribution in [1.29, 1.82) is 0 Å². The normalized spacial score (nSPS) is 10.7. The van der Waals surface area contributed by atoms with E-state index in [1.807, 2.05) is 0 Å². The Kier molecular flexibility index (Phi) is 3.32. The van der Waals surface area contributed by atoms with Crippen LogP contribution in [0.25, 0.3) is 11.3 Å². The van der Waals surface area contributed by atoms with Gasteiger partial charge in [-0.3, -0.25) is 0 Å². The Morgan fingerprint density at radius 3 is 2.28 bits per heavy atom. The van der Waals surface area contributed by atoms with Gasteiger partial charge in [-0.05, 0) is 24.3 Å². The van der Waals surface area contributed by atoms with Crippen molar-refractivity contribution >= 4 is 29.2 Å². The van der Waals surface area contributed by atoms with Crippen LogP contribution >= 0.6 is 23.2 Å². The molecule has 18 heavy (non-hydrogen) atoms. The fraction of sp³-hybridized carbons (Fsp3) is 0.0833. The van der Waals surface area contributed by atoms with Gasteiger partial charge in [0.2, 0.25) is 0 Å². The van der Waals surface area contributed by atoms with E-state index in [2.05, 4.69) is 0 Å². The summed E-state index contributed by atoms with van der Waals surface area (Å²) >= 11 is 11.4. The molecule has 0 fully saturated rings.